The minimum Gasteiger partial charge on any atom is -0.399 e. The summed E-state index contributed by atoms with van der Waals surface area (Å²) in [5.41, 5.74) is 7.52. The number of nitrogen functional groups attached to an aromatic ring is 1. The monoisotopic (exact) mass is 244 g/mol. The largest absolute Gasteiger partial charge is 0.399 e. The zero-order valence-electron chi connectivity index (χ0n) is 10.2. The van der Waals surface area contributed by atoms with Gasteiger partial charge >= 0.3 is 0 Å². The number of carbonyl (C=O) groups excluding carboxylic acids is 1. The predicted molar refractivity (Wildman–Crippen MR) is 72.3 cm³/mol. The van der Waals surface area contributed by atoms with Gasteiger partial charge < -0.3 is 11.1 Å². The molecule has 1 heterocycles. The van der Waals surface area contributed by atoms with Crippen molar-refractivity contribution in [3.05, 3.63) is 36.0 Å². The quantitative estimate of drug-likeness (QED) is 0.436. The fourth-order valence-corrected chi connectivity index (χ4v) is 1.72. The number of fused-ring (bicyclic) bond motifs is 1. The highest BCUT2D eigenvalue weighted by Crippen LogP contribution is 2.18. The van der Waals surface area contributed by atoms with Gasteiger partial charge in [-0.3, -0.25) is 9.89 Å². The molecule has 5 nitrogen and oxygen atoms in total. The number of hydrogen-bond acceptors (Lipinski definition) is 3. The predicted octanol–water partition coefficient (Wildman–Crippen LogP) is 1.84. The van der Waals surface area contributed by atoms with Crippen LogP contribution in [0.1, 0.15) is 23.8 Å². The molecule has 0 aliphatic carbocycles. The molecule has 18 heavy (non-hydrogen) atoms. The molecule has 0 saturated heterocycles. The van der Waals surface area contributed by atoms with Crippen LogP contribution in [0, 0.1) is 0 Å². The first-order valence-corrected chi connectivity index (χ1v) is 5.85. The van der Waals surface area contributed by atoms with Crippen molar-refractivity contribution < 1.29 is 4.79 Å². The van der Waals surface area contributed by atoms with Crippen molar-refractivity contribution in [2.24, 2.45) is 0 Å². The van der Waals surface area contributed by atoms with Crippen molar-refractivity contribution in [3.8, 4) is 0 Å². The van der Waals surface area contributed by atoms with Gasteiger partial charge in [0.15, 0.2) is 5.69 Å². The van der Waals surface area contributed by atoms with E-state index in [0.717, 1.165) is 17.3 Å². The molecule has 0 fully saturated rings. The van der Waals surface area contributed by atoms with Gasteiger partial charge in [-0.2, -0.15) is 5.10 Å². The number of hydrogen-bond donors (Lipinski definition) is 3. The van der Waals surface area contributed by atoms with Crippen LogP contribution in [0.25, 0.3) is 10.9 Å². The lowest BCUT2D eigenvalue weighted by atomic mass is 10.2. The molecular formula is C13H16N4O. The van der Waals surface area contributed by atoms with E-state index in [2.05, 4.69) is 15.5 Å². The number of carbonyl (C=O) groups is 1. The summed E-state index contributed by atoms with van der Waals surface area (Å²) in [5.74, 6) is -0.184. The van der Waals surface area contributed by atoms with Gasteiger partial charge in [-0.1, -0.05) is 12.2 Å². The third-order valence-electron chi connectivity index (χ3n) is 2.63. The summed E-state index contributed by atoms with van der Waals surface area (Å²) in [7, 11) is 0. The molecule has 0 atom stereocenters. The van der Waals surface area contributed by atoms with E-state index in [0.29, 0.717) is 17.9 Å². The lowest BCUT2D eigenvalue weighted by molar-refractivity contribution is 0.0951. The smallest absolute Gasteiger partial charge is 0.272 e. The number of allylic oxidation sites excluding steroid dienone is 1. The van der Waals surface area contributed by atoms with Crippen LogP contribution in [-0.2, 0) is 0 Å². The summed E-state index contributed by atoms with van der Waals surface area (Å²) in [4.78, 5) is 11.9. The molecule has 0 radical (unpaired) electrons. The van der Waals surface area contributed by atoms with E-state index in [1.165, 1.54) is 0 Å². The summed E-state index contributed by atoms with van der Waals surface area (Å²) in [6.45, 7) is 2.55. The van der Waals surface area contributed by atoms with E-state index in [-0.39, 0.29) is 5.91 Å². The molecule has 1 aromatic heterocycles. The molecule has 0 spiro atoms. The van der Waals surface area contributed by atoms with Crippen LogP contribution in [0.5, 0.6) is 0 Å². The summed E-state index contributed by atoms with van der Waals surface area (Å²) in [6, 6.07) is 5.34. The second-order valence-electron chi connectivity index (χ2n) is 3.99. The molecule has 4 N–H and O–H groups in total. The highest BCUT2D eigenvalue weighted by molar-refractivity contribution is 6.05. The fourth-order valence-electron chi connectivity index (χ4n) is 1.72. The Morgan fingerprint density at radius 1 is 1.56 bits per heavy atom. The third-order valence-corrected chi connectivity index (χ3v) is 2.63. The zero-order valence-corrected chi connectivity index (χ0v) is 10.2. The molecule has 2 aromatic rings. The van der Waals surface area contributed by atoms with Crippen LogP contribution in [0.15, 0.2) is 30.4 Å². The average molecular weight is 244 g/mol. The van der Waals surface area contributed by atoms with Gasteiger partial charge in [-0.25, -0.2) is 0 Å². The number of benzene rings is 1. The van der Waals surface area contributed by atoms with Gasteiger partial charge in [-0.15, -0.1) is 0 Å². The Morgan fingerprint density at radius 3 is 3.17 bits per heavy atom. The van der Waals surface area contributed by atoms with Crippen LogP contribution in [0.2, 0.25) is 0 Å². The van der Waals surface area contributed by atoms with Crippen LogP contribution in [0.4, 0.5) is 5.69 Å². The maximum atomic E-state index is 11.9. The van der Waals surface area contributed by atoms with Gasteiger partial charge in [-0.05, 0) is 31.5 Å². The Labute approximate surface area is 105 Å². The number of anilines is 1. The van der Waals surface area contributed by atoms with Crippen LogP contribution in [-0.4, -0.2) is 22.6 Å². The van der Waals surface area contributed by atoms with E-state index in [1.807, 2.05) is 25.1 Å². The number of amides is 1. The summed E-state index contributed by atoms with van der Waals surface area (Å²) in [6.07, 6.45) is 4.77. The van der Waals surface area contributed by atoms with E-state index in [9.17, 15) is 4.79 Å². The number of nitrogens with zero attached hydrogens (tertiary/aromatic N) is 1. The zero-order chi connectivity index (χ0) is 13.0. The first-order valence-electron chi connectivity index (χ1n) is 5.85. The lowest BCUT2D eigenvalue weighted by Gasteiger charge is -2.01. The first-order chi connectivity index (χ1) is 8.72. The lowest BCUT2D eigenvalue weighted by Crippen LogP contribution is -2.24. The highest BCUT2D eigenvalue weighted by Gasteiger charge is 2.13. The van der Waals surface area contributed by atoms with Crippen molar-refractivity contribution in [3.63, 3.8) is 0 Å². The number of rotatable bonds is 4. The van der Waals surface area contributed by atoms with Crippen LogP contribution >= 0.6 is 0 Å². The maximum Gasteiger partial charge on any atom is 0.272 e. The number of nitrogens with one attached hydrogen (secondary N) is 2. The van der Waals surface area contributed by atoms with Crippen LogP contribution < -0.4 is 11.1 Å². The number of aromatic amines is 1. The SMILES string of the molecule is C/C=C/CCNC(=O)c1n[nH]c2ccc(N)cc12. The second-order valence-corrected chi connectivity index (χ2v) is 3.99. The molecule has 0 saturated carbocycles. The van der Waals surface area contributed by atoms with Crippen LogP contribution in [0.3, 0.4) is 0 Å². The van der Waals surface area contributed by atoms with Crippen molar-refractivity contribution in [2.45, 2.75) is 13.3 Å². The van der Waals surface area contributed by atoms with Gasteiger partial charge in [0.25, 0.3) is 5.91 Å². The topological polar surface area (TPSA) is 83.8 Å². The Bertz CT molecular complexity index is 586. The maximum absolute atomic E-state index is 11.9. The molecule has 0 unspecified atom stereocenters. The summed E-state index contributed by atoms with van der Waals surface area (Å²) in [5, 5.41) is 10.4. The fraction of sp³-hybridized carbons (Fsp3) is 0.231. The normalized spacial score (nSPS) is 11.2. The standard InChI is InChI=1S/C13H16N4O/c1-2-3-4-7-15-13(18)12-10-8-9(14)5-6-11(10)16-17-12/h2-3,5-6,8H,4,7,14H2,1H3,(H,15,18)(H,16,17)/b3-2+. The minimum atomic E-state index is -0.184. The molecular weight excluding hydrogens is 228 g/mol. The van der Waals surface area contributed by atoms with Crippen molar-refractivity contribution in [2.75, 3.05) is 12.3 Å². The van der Waals surface area contributed by atoms with E-state index in [4.69, 9.17) is 5.73 Å². The number of H-pyrrole nitrogens is 1. The third kappa shape index (κ3) is 2.51. The first kappa shape index (κ1) is 12.2. The Morgan fingerprint density at radius 2 is 2.39 bits per heavy atom. The highest BCUT2D eigenvalue weighted by atomic mass is 16.1. The molecule has 0 aliphatic rings. The summed E-state index contributed by atoms with van der Waals surface area (Å²) < 4.78 is 0. The molecule has 0 bridgehead atoms. The number of aromatic nitrogens is 2. The molecule has 1 amide bonds. The van der Waals surface area contributed by atoms with E-state index in [1.54, 1.807) is 12.1 Å². The molecule has 2 rings (SSSR count). The van der Waals surface area contributed by atoms with E-state index >= 15 is 0 Å². The number of nitrogens with two attached hydrogens (primary N) is 1. The minimum absolute atomic E-state index is 0.184. The van der Waals surface area contributed by atoms with E-state index < -0.39 is 0 Å². The van der Waals surface area contributed by atoms with Crippen molar-refractivity contribution in [1.82, 2.24) is 15.5 Å². The molecule has 0 aliphatic heterocycles. The van der Waals surface area contributed by atoms with Gasteiger partial charge in [0.2, 0.25) is 0 Å². The molecule has 1 aromatic carbocycles. The Balaban J connectivity index is 2.15. The average Bonchev–Trinajstić information content (AvgIpc) is 2.77. The van der Waals surface area contributed by atoms with Gasteiger partial charge in [0, 0.05) is 17.6 Å². The molecule has 5 heteroatoms. The Hall–Kier alpha value is -2.30. The van der Waals surface area contributed by atoms with Crippen molar-refractivity contribution in [1.29, 1.82) is 0 Å². The summed E-state index contributed by atoms with van der Waals surface area (Å²) >= 11 is 0. The van der Waals surface area contributed by atoms with Gasteiger partial charge in [0.05, 0.1) is 5.52 Å². The van der Waals surface area contributed by atoms with Gasteiger partial charge in [0.1, 0.15) is 0 Å². The van der Waals surface area contributed by atoms with Crippen molar-refractivity contribution >= 4 is 22.5 Å². The Kier molecular flexibility index (Phi) is 3.62. The second kappa shape index (κ2) is 5.35. The molecule has 94 valence electrons.